The smallest absolute Gasteiger partial charge is 0.118 e. The summed E-state index contributed by atoms with van der Waals surface area (Å²) >= 11 is 1.71. The maximum Gasteiger partial charge on any atom is 0.118 e. The maximum absolute atomic E-state index is 6.15. The summed E-state index contributed by atoms with van der Waals surface area (Å²) in [6.45, 7) is 6.92. The van der Waals surface area contributed by atoms with Crippen molar-refractivity contribution in [2.45, 2.75) is 31.8 Å². The minimum atomic E-state index is -0.0928. The molecular weight excluding hydrogens is 364 g/mol. The van der Waals surface area contributed by atoms with Crippen molar-refractivity contribution in [2.24, 2.45) is 5.41 Å². The second kappa shape index (κ2) is 9.19. The summed E-state index contributed by atoms with van der Waals surface area (Å²) in [7, 11) is 1.68. The molecule has 1 aliphatic heterocycles. The van der Waals surface area contributed by atoms with Gasteiger partial charge in [-0.3, -0.25) is 0 Å². The first-order chi connectivity index (χ1) is 13.5. The van der Waals surface area contributed by atoms with E-state index in [4.69, 9.17) is 9.47 Å². The molecule has 3 heteroatoms. The lowest BCUT2D eigenvalue weighted by Gasteiger charge is -2.13. The largest absolute Gasteiger partial charge is 0.497 e. The van der Waals surface area contributed by atoms with Crippen LogP contribution in [0.3, 0.4) is 0 Å². The van der Waals surface area contributed by atoms with Gasteiger partial charge in [0.05, 0.1) is 13.7 Å². The Hall–Kier alpha value is -2.41. The van der Waals surface area contributed by atoms with E-state index in [9.17, 15) is 0 Å². The van der Waals surface area contributed by atoms with Gasteiger partial charge in [-0.2, -0.15) is 0 Å². The molecule has 2 aromatic rings. The second-order valence-corrected chi connectivity index (χ2v) is 8.60. The van der Waals surface area contributed by atoms with Crippen LogP contribution in [0.5, 0.6) is 5.75 Å². The summed E-state index contributed by atoms with van der Waals surface area (Å²) in [5.41, 5.74) is 3.41. The molecule has 1 heterocycles. The maximum atomic E-state index is 6.15. The molecule has 0 spiro atoms. The fourth-order valence-electron chi connectivity index (χ4n) is 2.80. The zero-order chi connectivity index (χ0) is 20.0. The standard InChI is InChI=1S/C25H26O2S/c1-25(2,3)16-8-9-20-17-27-24(19-12-14-21(26-4)15-13-19)23(20)18-28-22-10-6-5-7-11-22/h5-7,9-15,18,24H,17H2,1-4H3/b20-9+,23-18+. The van der Waals surface area contributed by atoms with Crippen molar-refractivity contribution < 1.29 is 9.47 Å². The van der Waals surface area contributed by atoms with E-state index in [1.165, 1.54) is 10.5 Å². The van der Waals surface area contributed by atoms with Gasteiger partial charge in [-0.1, -0.05) is 53.9 Å². The number of hydrogen-bond acceptors (Lipinski definition) is 3. The third kappa shape index (κ3) is 5.55. The van der Waals surface area contributed by atoms with Crippen LogP contribution in [0.15, 0.2) is 82.1 Å². The fourth-order valence-corrected chi connectivity index (χ4v) is 3.65. The summed E-state index contributed by atoms with van der Waals surface area (Å²) in [4.78, 5) is 1.20. The van der Waals surface area contributed by atoms with Gasteiger partial charge in [-0.05, 0) is 73.2 Å². The predicted octanol–water partition coefficient (Wildman–Crippen LogP) is 6.42. The van der Waals surface area contributed by atoms with Crippen LogP contribution in [0, 0.1) is 17.3 Å². The molecular formula is C25H26O2S. The highest BCUT2D eigenvalue weighted by molar-refractivity contribution is 8.02. The number of hydrogen-bond donors (Lipinski definition) is 0. The van der Waals surface area contributed by atoms with Gasteiger partial charge in [-0.25, -0.2) is 0 Å². The Labute approximate surface area is 172 Å². The van der Waals surface area contributed by atoms with Crippen LogP contribution in [-0.4, -0.2) is 13.7 Å². The van der Waals surface area contributed by atoms with Crippen molar-refractivity contribution >= 4 is 11.8 Å². The van der Waals surface area contributed by atoms with Gasteiger partial charge in [0, 0.05) is 10.3 Å². The van der Waals surface area contributed by atoms with E-state index in [1.807, 2.05) is 24.3 Å². The lowest BCUT2D eigenvalue weighted by atomic mass is 9.97. The quantitative estimate of drug-likeness (QED) is 0.443. The molecule has 2 nitrogen and oxygen atoms in total. The summed E-state index contributed by atoms with van der Waals surface area (Å²) in [6.07, 6.45) is 1.91. The van der Waals surface area contributed by atoms with Crippen LogP contribution in [-0.2, 0) is 4.74 Å². The van der Waals surface area contributed by atoms with Crippen molar-refractivity contribution in [3.8, 4) is 17.6 Å². The van der Waals surface area contributed by atoms with E-state index in [2.05, 4.69) is 74.4 Å². The number of allylic oxidation sites excluding steroid dienone is 1. The van der Waals surface area contributed by atoms with Crippen molar-refractivity contribution in [2.75, 3.05) is 13.7 Å². The Balaban J connectivity index is 1.91. The Morgan fingerprint density at radius 3 is 2.43 bits per heavy atom. The van der Waals surface area contributed by atoms with Gasteiger partial charge in [-0.15, -0.1) is 0 Å². The topological polar surface area (TPSA) is 18.5 Å². The van der Waals surface area contributed by atoms with E-state index >= 15 is 0 Å². The summed E-state index contributed by atoms with van der Waals surface area (Å²) < 4.78 is 11.4. The number of ether oxygens (including phenoxy) is 2. The molecule has 0 saturated carbocycles. The molecule has 28 heavy (non-hydrogen) atoms. The molecule has 0 aromatic heterocycles. The molecule has 0 bridgehead atoms. The number of thioether (sulfide) groups is 1. The van der Waals surface area contributed by atoms with Crippen LogP contribution < -0.4 is 4.74 Å². The lowest BCUT2D eigenvalue weighted by molar-refractivity contribution is 0.131. The van der Waals surface area contributed by atoms with Crippen molar-refractivity contribution in [1.29, 1.82) is 0 Å². The minimum Gasteiger partial charge on any atom is -0.497 e. The van der Waals surface area contributed by atoms with Crippen LogP contribution in [0.4, 0.5) is 0 Å². The first-order valence-corrected chi connectivity index (χ1v) is 10.2. The minimum absolute atomic E-state index is 0.0193. The van der Waals surface area contributed by atoms with Crippen LogP contribution in [0.1, 0.15) is 32.4 Å². The Morgan fingerprint density at radius 1 is 1.07 bits per heavy atom. The molecule has 1 atom stereocenters. The Bertz CT molecular complexity index is 907. The third-order valence-corrected chi connectivity index (χ3v) is 5.15. The summed E-state index contributed by atoms with van der Waals surface area (Å²) in [5, 5.41) is 2.20. The van der Waals surface area contributed by atoms with Gasteiger partial charge < -0.3 is 9.47 Å². The summed E-state index contributed by atoms with van der Waals surface area (Å²) in [6, 6.07) is 18.4. The Kier molecular flexibility index (Phi) is 6.67. The van der Waals surface area contributed by atoms with Gasteiger partial charge in [0.15, 0.2) is 0 Å². The Morgan fingerprint density at radius 2 is 1.79 bits per heavy atom. The van der Waals surface area contributed by atoms with E-state index in [0.717, 1.165) is 16.9 Å². The van der Waals surface area contributed by atoms with Gasteiger partial charge in [0.1, 0.15) is 11.9 Å². The highest BCUT2D eigenvalue weighted by Gasteiger charge is 2.27. The molecule has 0 amide bonds. The lowest BCUT2D eigenvalue weighted by Crippen LogP contribution is -1.99. The van der Waals surface area contributed by atoms with Gasteiger partial charge in [0.25, 0.3) is 0 Å². The third-order valence-electron chi connectivity index (χ3n) is 4.24. The molecule has 1 aliphatic rings. The molecule has 1 fully saturated rings. The van der Waals surface area contributed by atoms with Crippen molar-refractivity contribution in [3.63, 3.8) is 0 Å². The van der Waals surface area contributed by atoms with E-state index < -0.39 is 0 Å². The predicted molar refractivity (Wildman–Crippen MR) is 117 cm³/mol. The molecule has 2 aromatic carbocycles. The molecule has 1 unspecified atom stereocenters. The molecule has 1 saturated heterocycles. The zero-order valence-electron chi connectivity index (χ0n) is 16.9. The SMILES string of the molecule is COc1ccc(C2OCC(=C\C#CC(C)(C)C)/C2=C\Sc2ccccc2)cc1. The summed E-state index contributed by atoms with van der Waals surface area (Å²) in [5.74, 6) is 7.35. The first kappa shape index (κ1) is 20.3. The normalized spacial score (nSPS) is 19.5. The average Bonchev–Trinajstić information content (AvgIpc) is 3.09. The zero-order valence-corrected chi connectivity index (χ0v) is 17.7. The highest BCUT2D eigenvalue weighted by Crippen LogP contribution is 2.40. The number of methoxy groups -OCH3 is 1. The van der Waals surface area contributed by atoms with Crippen LogP contribution in [0.25, 0.3) is 0 Å². The second-order valence-electron chi connectivity index (χ2n) is 7.66. The molecule has 0 aliphatic carbocycles. The van der Waals surface area contributed by atoms with Crippen molar-refractivity contribution in [3.05, 3.63) is 82.8 Å². The van der Waals surface area contributed by atoms with Crippen LogP contribution in [0.2, 0.25) is 0 Å². The highest BCUT2D eigenvalue weighted by atomic mass is 32.2. The first-order valence-electron chi connectivity index (χ1n) is 9.36. The van der Waals surface area contributed by atoms with Gasteiger partial charge >= 0.3 is 0 Å². The average molecular weight is 391 g/mol. The molecule has 0 radical (unpaired) electrons. The molecule has 0 N–H and O–H groups in total. The number of rotatable bonds is 4. The molecule has 144 valence electrons. The van der Waals surface area contributed by atoms with Gasteiger partial charge in [0.2, 0.25) is 0 Å². The van der Waals surface area contributed by atoms with Crippen LogP contribution >= 0.6 is 11.8 Å². The van der Waals surface area contributed by atoms with E-state index in [1.54, 1.807) is 18.9 Å². The molecule has 3 rings (SSSR count). The van der Waals surface area contributed by atoms with E-state index in [0.29, 0.717) is 6.61 Å². The fraction of sp³-hybridized carbons (Fsp3) is 0.280. The monoisotopic (exact) mass is 390 g/mol. The van der Waals surface area contributed by atoms with E-state index in [-0.39, 0.29) is 11.5 Å². The van der Waals surface area contributed by atoms with Crippen molar-refractivity contribution in [1.82, 2.24) is 0 Å². The number of benzene rings is 2.